The molecule has 0 unspecified atom stereocenters. The monoisotopic (exact) mass is 331 g/mol. The second-order valence-corrected chi connectivity index (χ2v) is 5.40. The number of carbonyl (C=O) groups is 2. The summed E-state index contributed by atoms with van der Waals surface area (Å²) in [6, 6.07) is 1.59. The van der Waals surface area contributed by atoms with Crippen LogP contribution in [0.1, 0.15) is 41.7 Å². The summed E-state index contributed by atoms with van der Waals surface area (Å²) in [6.07, 6.45) is -2.31. The second kappa shape index (κ2) is 6.84. The van der Waals surface area contributed by atoms with Crippen LogP contribution in [0.4, 0.5) is 18.0 Å². The van der Waals surface area contributed by atoms with Crippen molar-refractivity contribution in [1.29, 1.82) is 0 Å². The Labute approximate surface area is 130 Å². The van der Waals surface area contributed by atoms with E-state index in [1.807, 2.05) is 0 Å². The Morgan fingerprint density at radius 2 is 1.65 bits per heavy atom. The van der Waals surface area contributed by atoms with Crippen molar-refractivity contribution in [3.8, 4) is 0 Å². The summed E-state index contributed by atoms with van der Waals surface area (Å²) >= 11 is 0. The maximum absolute atomic E-state index is 12.4. The summed E-state index contributed by atoms with van der Waals surface area (Å²) in [5.74, 6) is -0.485. The number of amides is 2. The van der Waals surface area contributed by atoms with E-state index < -0.39 is 23.9 Å². The Balaban J connectivity index is 1.87. The van der Waals surface area contributed by atoms with E-state index in [1.165, 1.54) is 0 Å². The molecule has 126 valence electrons. The molecular formula is C14H16F3N3O3. The number of alkyl halides is 3. The number of aromatic nitrogens is 1. The van der Waals surface area contributed by atoms with Gasteiger partial charge < -0.3 is 15.7 Å². The molecule has 0 bridgehead atoms. The zero-order valence-electron chi connectivity index (χ0n) is 12.1. The molecule has 1 heterocycles. The molecule has 0 radical (unpaired) electrons. The van der Waals surface area contributed by atoms with Crippen molar-refractivity contribution in [2.75, 3.05) is 0 Å². The molecular weight excluding hydrogens is 315 g/mol. The number of hydrogen-bond donors (Lipinski definition) is 3. The Kier molecular flexibility index (Phi) is 5.07. The smallest absolute Gasteiger partial charge is 0.433 e. The van der Waals surface area contributed by atoms with Crippen molar-refractivity contribution >= 4 is 12.0 Å². The number of nitrogens with zero attached hydrogens (tertiary/aromatic N) is 1. The fraction of sp³-hybridized carbons (Fsp3) is 0.500. The molecule has 1 aliphatic rings. The van der Waals surface area contributed by atoms with Crippen molar-refractivity contribution in [2.45, 2.75) is 43.9 Å². The highest BCUT2D eigenvalue weighted by atomic mass is 19.4. The van der Waals surface area contributed by atoms with Gasteiger partial charge in [0.15, 0.2) is 0 Å². The lowest BCUT2D eigenvalue weighted by Gasteiger charge is -2.28. The number of pyridine rings is 1. The topological polar surface area (TPSA) is 91.3 Å². The van der Waals surface area contributed by atoms with Gasteiger partial charge >= 0.3 is 12.3 Å². The van der Waals surface area contributed by atoms with Crippen molar-refractivity contribution in [3.63, 3.8) is 0 Å². The van der Waals surface area contributed by atoms with E-state index in [1.54, 1.807) is 0 Å². The first kappa shape index (κ1) is 17.0. The van der Waals surface area contributed by atoms with Crippen LogP contribution in [0.25, 0.3) is 0 Å². The van der Waals surface area contributed by atoms with Gasteiger partial charge in [0.25, 0.3) is 5.91 Å². The quantitative estimate of drug-likeness (QED) is 0.793. The summed E-state index contributed by atoms with van der Waals surface area (Å²) < 4.78 is 37.2. The lowest BCUT2D eigenvalue weighted by atomic mass is 9.91. The van der Waals surface area contributed by atoms with Gasteiger partial charge in [0.2, 0.25) is 0 Å². The van der Waals surface area contributed by atoms with Gasteiger partial charge in [0.05, 0.1) is 5.56 Å². The Morgan fingerprint density at radius 1 is 1.09 bits per heavy atom. The average molecular weight is 331 g/mol. The molecule has 2 amide bonds. The Bertz CT molecular complexity index is 567. The maximum atomic E-state index is 12.4. The lowest BCUT2D eigenvalue weighted by molar-refractivity contribution is -0.141. The van der Waals surface area contributed by atoms with Gasteiger partial charge in [-0.1, -0.05) is 0 Å². The average Bonchev–Trinajstić information content (AvgIpc) is 2.48. The van der Waals surface area contributed by atoms with Crippen molar-refractivity contribution in [3.05, 3.63) is 29.6 Å². The Hall–Kier alpha value is -2.32. The molecule has 1 fully saturated rings. The fourth-order valence-electron chi connectivity index (χ4n) is 2.52. The van der Waals surface area contributed by atoms with E-state index in [0.717, 1.165) is 18.3 Å². The number of carbonyl (C=O) groups excluding carboxylic acids is 1. The number of halogens is 3. The molecule has 2 rings (SSSR count). The van der Waals surface area contributed by atoms with Gasteiger partial charge in [-0.05, 0) is 37.8 Å². The van der Waals surface area contributed by atoms with Crippen LogP contribution in [-0.2, 0) is 6.18 Å². The minimum absolute atomic E-state index is 0.0591. The van der Waals surface area contributed by atoms with Crippen molar-refractivity contribution in [1.82, 2.24) is 15.6 Å². The van der Waals surface area contributed by atoms with Gasteiger partial charge in [-0.2, -0.15) is 13.2 Å². The molecule has 0 aliphatic heterocycles. The van der Waals surface area contributed by atoms with E-state index in [0.29, 0.717) is 25.7 Å². The molecule has 0 spiro atoms. The second-order valence-electron chi connectivity index (χ2n) is 5.40. The molecule has 6 nitrogen and oxygen atoms in total. The summed E-state index contributed by atoms with van der Waals surface area (Å²) in [7, 11) is 0. The number of rotatable bonds is 3. The van der Waals surface area contributed by atoms with Crippen LogP contribution in [0.2, 0.25) is 0 Å². The van der Waals surface area contributed by atoms with E-state index >= 15 is 0 Å². The highest BCUT2D eigenvalue weighted by molar-refractivity contribution is 5.94. The minimum atomic E-state index is -4.54. The Morgan fingerprint density at radius 3 is 2.09 bits per heavy atom. The van der Waals surface area contributed by atoms with Gasteiger partial charge in [-0.3, -0.25) is 9.78 Å². The molecule has 0 aromatic carbocycles. The van der Waals surface area contributed by atoms with Gasteiger partial charge in [-0.15, -0.1) is 0 Å². The van der Waals surface area contributed by atoms with E-state index in [4.69, 9.17) is 5.11 Å². The fourth-order valence-corrected chi connectivity index (χ4v) is 2.52. The van der Waals surface area contributed by atoms with Crippen LogP contribution in [0, 0.1) is 0 Å². The zero-order chi connectivity index (χ0) is 17.0. The standard InChI is InChI=1S/C14H16F3N3O3/c15-14(16,17)11-6-1-8(7-18-11)12(21)19-9-2-4-10(5-3-9)20-13(22)23/h1,6-7,9-10,20H,2-5H2,(H,19,21)(H,22,23). The zero-order valence-corrected chi connectivity index (χ0v) is 12.1. The van der Waals surface area contributed by atoms with Crippen molar-refractivity contribution in [2.24, 2.45) is 0 Å². The number of carboxylic acid groups (broad SMARTS) is 1. The maximum Gasteiger partial charge on any atom is 0.433 e. The first-order chi connectivity index (χ1) is 10.8. The molecule has 1 aliphatic carbocycles. The molecule has 23 heavy (non-hydrogen) atoms. The highest BCUT2D eigenvalue weighted by Crippen LogP contribution is 2.27. The first-order valence-corrected chi connectivity index (χ1v) is 7.09. The summed E-state index contributed by atoms with van der Waals surface area (Å²) in [4.78, 5) is 25.8. The predicted molar refractivity (Wildman–Crippen MR) is 73.9 cm³/mol. The van der Waals surface area contributed by atoms with E-state index in [-0.39, 0.29) is 17.6 Å². The SMILES string of the molecule is O=C(O)NC1CCC(NC(=O)c2ccc(C(F)(F)F)nc2)CC1. The van der Waals surface area contributed by atoms with Crippen LogP contribution < -0.4 is 10.6 Å². The third-order valence-electron chi connectivity index (χ3n) is 3.71. The van der Waals surface area contributed by atoms with Crippen LogP contribution in [0.3, 0.4) is 0 Å². The molecule has 0 atom stereocenters. The summed E-state index contributed by atoms with van der Waals surface area (Å²) in [6.45, 7) is 0. The van der Waals surface area contributed by atoms with Crippen LogP contribution in [-0.4, -0.2) is 34.2 Å². The minimum Gasteiger partial charge on any atom is -0.465 e. The van der Waals surface area contributed by atoms with Gasteiger partial charge in [0, 0.05) is 18.3 Å². The third kappa shape index (κ3) is 4.83. The molecule has 1 saturated carbocycles. The van der Waals surface area contributed by atoms with E-state index in [9.17, 15) is 22.8 Å². The molecule has 3 N–H and O–H groups in total. The van der Waals surface area contributed by atoms with Crippen LogP contribution in [0.5, 0.6) is 0 Å². The first-order valence-electron chi connectivity index (χ1n) is 7.09. The highest BCUT2D eigenvalue weighted by Gasteiger charge is 2.32. The lowest BCUT2D eigenvalue weighted by Crippen LogP contribution is -2.43. The molecule has 0 saturated heterocycles. The van der Waals surface area contributed by atoms with Gasteiger partial charge in [-0.25, -0.2) is 4.79 Å². The van der Waals surface area contributed by atoms with Crippen LogP contribution in [0.15, 0.2) is 18.3 Å². The van der Waals surface area contributed by atoms with Crippen molar-refractivity contribution < 1.29 is 27.9 Å². The number of hydrogen-bond acceptors (Lipinski definition) is 3. The predicted octanol–water partition coefficient (Wildman–Crippen LogP) is 2.41. The molecule has 9 heteroatoms. The normalized spacial score (nSPS) is 21.5. The van der Waals surface area contributed by atoms with Gasteiger partial charge in [0.1, 0.15) is 5.69 Å². The molecule has 1 aromatic rings. The summed E-state index contributed by atoms with van der Waals surface area (Å²) in [5.41, 5.74) is -0.988. The molecule has 1 aromatic heterocycles. The van der Waals surface area contributed by atoms with Crippen LogP contribution >= 0.6 is 0 Å². The van der Waals surface area contributed by atoms with E-state index in [2.05, 4.69) is 15.6 Å². The number of nitrogens with one attached hydrogen (secondary N) is 2. The largest absolute Gasteiger partial charge is 0.465 e. The summed E-state index contributed by atoms with van der Waals surface area (Å²) in [5, 5.41) is 13.8. The third-order valence-corrected chi connectivity index (χ3v) is 3.71.